The van der Waals surface area contributed by atoms with Crippen molar-refractivity contribution >= 4 is 11.8 Å². The maximum Gasteiger partial charge on any atom is 0.225 e. The van der Waals surface area contributed by atoms with Crippen LogP contribution in [0, 0.1) is 11.8 Å². The molecule has 0 radical (unpaired) electrons. The largest absolute Gasteiger partial charge is 0.349 e. The molecule has 2 atom stereocenters. The molecule has 0 saturated heterocycles. The highest BCUT2D eigenvalue weighted by molar-refractivity contribution is 5.78. The first kappa shape index (κ1) is 21.9. The van der Waals surface area contributed by atoms with Crippen molar-refractivity contribution < 1.29 is 9.59 Å². The quantitative estimate of drug-likeness (QED) is 0.510. The van der Waals surface area contributed by atoms with Crippen molar-refractivity contribution in [1.82, 2.24) is 9.80 Å². The van der Waals surface area contributed by atoms with Gasteiger partial charge in [-0.1, -0.05) is 40.0 Å². The van der Waals surface area contributed by atoms with Crippen LogP contribution in [-0.2, 0) is 9.59 Å². The Kier molecular flexibility index (Phi) is 11.8. The second-order valence-corrected chi connectivity index (χ2v) is 6.87. The van der Waals surface area contributed by atoms with E-state index in [0.29, 0.717) is 0 Å². The topological polar surface area (TPSA) is 40.6 Å². The van der Waals surface area contributed by atoms with E-state index >= 15 is 0 Å². The molecular weight excluding hydrogens is 288 g/mol. The van der Waals surface area contributed by atoms with E-state index in [1.807, 2.05) is 26.0 Å². The van der Waals surface area contributed by atoms with Crippen LogP contribution in [0.25, 0.3) is 0 Å². The van der Waals surface area contributed by atoms with Gasteiger partial charge in [-0.3, -0.25) is 9.59 Å². The highest BCUT2D eigenvalue weighted by Crippen LogP contribution is 2.18. The SMILES string of the molecule is CCCC(CCCCN(C)C(=O)C(CC)CCC)C(=O)N(C)C. The third kappa shape index (κ3) is 8.38. The summed E-state index contributed by atoms with van der Waals surface area (Å²) in [6.45, 7) is 7.15. The number of rotatable bonds is 12. The molecule has 4 nitrogen and oxygen atoms in total. The predicted octanol–water partition coefficient (Wildman–Crippen LogP) is 3.95. The van der Waals surface area contributed by atoms with Gasteiger partial charge in [0.2, 0.25) is 11.8 Å². The smallest absolute Gasteiger partial charge is 0.225 e. The van der Waals surface area contributed by atoms with E-state index in [-0.39, 0.29) is 23.7 Å². The van der Waals surface area contributed by atoms with E-state index < -0.39 is 0 Å². The number of nitrogens with zero attached hydrogens (tertiary/aromatic N) is 2. The fraction of sp³-hybridized carbons (Fsp3) is 0.895. The molecule has 0 heterocycles. The van der Waals surface area contributed by atoms with Crippen molar-refractivity contribution in [3.8, 4) is 0 Å². The van der Waals surface area contributed by atoms with Crippen LogP contribution in [0.15, 0.2) is 0 Å². The first-order valence-corrected chi connectivity index (χ1v) is 9.34. The van der Waals surface area contributed by atoms with E-state index in [4.69, 9.17) is 0 Å². The van der Waals surface area contributed by atoms with Crippen LogP contribution in [0.1, 0.15) is 72.1 Å². The molecule has 0 rings (SSSR count). The number of hydrogen-bond donors (Lipinski definition) is 0. The van der Waals surface area contributed by atoms with E-state index in [9.17, 15) is 9.59 Å². The lowest BCUT2D eigenvalue weighted by molar-refractivity contribution is -0.135. The first-order valence-electron chi connectivity index (χ1n) is 9.34. The number of carbonyl (C=O) groups is 2. The molecule has 0 aliphatic rings. The average Bonchev–Trinajstić information content (AvgIpc) is 2.53. The molecule has 0 aliphatic carbocycles. The summed E-state index contributed by atoms with van der Waals surface area (Å²) in [4.78, 5) is 28.1. The maximum atomic E-state index is 12.4. The zero-order chi connectivity index (χ0) is 17.8. The number of unbranched alkanes of at least 4 members (excludes halogenated alkanes) is 1. The Labute approximate surface area is 143 Å². The van der Waals surface area contributed by atoms with Crippen molar-refractivity contribution in [3.63, 3.8) is 0 Å². The Balaban J connectivity index is 4.21. The van der Waals surface area contributed by atoms with E-state index in [1.54, 1.807) is 4.90 Å². The summed E-state index contributed by atoms with van der Waals surface area (Å²) >= 11 is 0. The Hall–Kier alpha value is -1.06. The van der Waals surface area contributed by atoms with Crippen molar-refractivity contribution in [1.29, 1.82) is 0 Å². The van der Waals surface area contributed by atoms with Crippen LogP contribution >= 0.6 is 0 Å². The summed E-state index contributed by atoms with van der Waals surface area (Å²) < 4.78 is 0. The Bertz CT molecular complexity index is 342. The molecule has 0 aromatic heterocycles. The molecule has 136 valence electrons. The monoisotopic (exact) mass is 326 g/mol. The molecule has 0 aromatic rings. The van der Waals surface area contributed by atoms with Gasteiger partial charge in [0.15, 0.2) is 0 Å². The zero-order valence-electron chi connectivity index (χ0n) is 16.2. The second kappa shape index (κ2) is 12.4. The number of hydrogen-bond acceptors (Lipinski definition) is 2. The lowest BCUT2D eigenvalue weighted by atomic mass is 9.95. The van der Waals surface area contributed by atoms with Gasteiger partial charge < -0.3 is 9.80 Å². The van der Waals surface area contributed by atoms with E-state index in [1.165, 1.54) is 0 Å². The molecule has 0 N–H and O–H groups in total. The average molecular weight is 327 g/mol. The van der Waals surface area contributed by atoms with Crippen LogP contribution in [-0.4, -0.2) is 49.3 Å². The normalized spacial score (nSPS) is 13.5. The maximum absolute atomic E-state index is 12.4. The van der Waals surface area contributed by atoms with Crippen molar-refractivity contribution in [3.05, 3.63) is 0 Å². The lowest BCUT2D eigenvalue weighted by Gasteiger charge is -2.23. The minimum atomic E-state index is 0.138. The van der Waals surface area contributed by atoms with E-state index in [2.05, 4.69) is 20.8 Å². The van der Waals surface area contributed by atoms with Gasteiger partial charge in [0.25, 0.3) is 0 Å². The third-order valence-corrected chi connectivity index (χ3v) is 4.58. The fourth-order valence-electron chi connectivity index (χ4n) is 3.12. The minimum Gasteiger partial charge on any atom is -0.349 e. The van der Waals surface area contributed by atoms with Gasteiger partial charge >= 0.3 is 0 Å². The Morgan fingerprint density at radius 2 is 1.35 bits per heavy atom. The molecule has 0 aliphatic heterocycles. The molecule has 2 unspecified atom stereocenters. The molecular formula is C19H38N2O2. The van der Waals surface area contributed by atoms with Gasteiger partial charge in [0.05, 0.1) is 0 Å². The molecule has 4 heteroatoms. The van der Waals surface area contributed by atoms with Crippen LogP contribution in [0.4, 0.5) is 0 Å². The van der Waals surface area contributed by atoms with Crippen molar-refractivity contribution in [2.24, 2.45) is 11.8 Å². The predicted molar refractivity (Wildman–Crippen MR) is 97.3 cm³/mol. The summed E-state index contributed by atoms with van der Waals surface area (Å²) in [5.41, 5.74) is 0. The molecule has 2 amide bonds. The fourth-order valence-corrected chi connectivity index (χ4v) is 3.12. The molecule has 0 spiro atoms. The van der Waals surface area contributed by atoms with E-state index in [0.717, 1.165) is 57.9 Å². The molecule has 23 heavy (non-hydrogen) atoms. The van der Waals surface area contributed by atoms with Gasteiger partial charge in [0, 0.05) is 39.5 Å². The van der Waals surface area contributed by atoms with Gasteiger partial charge in [-0.2, -0.15) is 0 Å². The van der Waals surface area contributed by atoms with Crippen molar-refractivity contribution in [2.75, 3.05) is 27.7 Å². The molecule has 0 fully saturated rings. The van der Waals surface area contributed by atoms with Gasteiger partial charge in [-0.15, -0.1) is 0 Å². The van der Waals surface area contributed by atoms with Crippen LogP contribution in [0.5, 0.6) is 0 Å². The standard InChI is InChI=1S/C19H38N2O2/c1-7-12-16(9-3)19(23)21(6)15-11-10-14-17(13-8-2)18(22)20(4)5/h16-17H,7-15H2,1-6H3. The molecule has 0 aromatic carbocycles. The minimum absolute atomic E-state index is 0.138. The van der Waals surface area contributed by atoms with Crippen LogP contribution in [0.2, 0.25) is 0 Å². The summed E-state index contributed by atoms with van der Waals surface area (Å²) in [5, 5.41) is 0. The lowest BCUT2D eigenvalue weighted by Crippen LogP contribution is -2.33. The molecule has 0 saturated carbocycles. The molecule has 0 bridgehead atoms. The first-order chi connectivity index (χ1) is 10.9. The summed E-state index contributed by atoms with van der Waals surface area (Å²) in [6.07, 6.45) is 7.88. The highest BCUT2D eigenvalue weighted by atomic mass is 16.2. The third-order valence-electron chi connectivity index (χ3n) is 4.58. The highest BCUT2D eigenvalue weighted by Gasteiger charge is 2.21. The summed E-state index contributed by atoms with van der Waals surface area (Å²) in [6, 6.07) is 0. The Morgan fingerprint density at radius 3 is 1.83 bits per heavy atom. The second-order valence-electron chi connectivity index (χ2n) is 6.87. The van der Waals surface area contributed by atoms with Crippen molar-refractivity contribution in [2.45, 2.75) is 72.1 Å². The van der Waals surface area contributed by atoms with Crippen LogP contribution < -0.4 is 0 Å². The summed E-state index contributed by atoms with van der Waals surface area (Å²) in [5.74, 6) is 0.835. The zero-order valence-corrected chi connectivity index (χ0v) is 16.2. The number of amides is 2. The summed E-state index contributed by atoms with van der Waals surface area (Å²) in [7, 11) is 5.57. The Morgan fingerprint density at radius 1 is 0.783 bits per heavy atom. The van der Waals surface area contributed by atoms with Crippen LogP contribution in [0.3, 0.4) is 0 Å². The van der Waals surface area contributed by atoms with Gasteiger partial charge in [0.1, 0.15) is 0 Å². The van der Waals surface area contributed by atoms with Gasteiger partial charge in [-0.25, -0.2) is 0 Å². The number of carbonyl (C=O) groups excluding carboxylic acids is 2. The van der Waals surface area contributed by atoms with Gasteiger partial charge in [-0.05, 0) is 32.1 Å².